The number of nitrogens with zero attached hydrogens (tertiary/aromatic N) is 4. The van der Waals surface area contributed by atoms with Gasteiger partial charge in [-0.15, -0.1) is 0 Å². The summed E-state index contributed by atoms with van der Waals surface area (Å²) in [5.41, 5.74) is 1.03. The van der Waals surface area contributed by atoms with Crippen LogP contribution in [0.5, 0.6) is 0 Å². The molecule has 1 aliphatic rings. The number of ether oxygens (including phenoxy) is 1. The number of carbonyl (C=O) groups excluding carboxylic acids is 1. The summed E-state index contributed by atoms with van der Waals surface area (Å²) in [6.45, 7) is -0.516. The van der Waals surface area contributed by atoms with Gasteiger partial charge < -0.3 is 14.9 Å². The van der Waals surface area contributed by atoms with E-state index in [2.05, 4.69) is 20.3 Å². The average Bonchev–Trinajstić information content (AvgIpc) is 3.23. The van der Waals surface area contributed by atoms with Crippen LogP contribution in [0.25, 0.3) is 11.2 Å². The maximum Gasteiger partial charge on any atom is 0.258 e. The Kier molecular flexibility index (Phi) is 4.52. The molecule has 10 heteroatoms. The highest BCUT2D eigenvalue weighted by Gasteiger charge is 2.45. The zero-order valence-electron chi connectivity index (χ0n) is 13.9. The van der Waals surface area contributed by atoms with Gasteiger partial charge in [-0.1, -0.05) is 18.2 Å². The molecule has 3 heterocycles. The molecule has 0 bridgehead atoms. The predicted octanol–water partition coefficient (Wildman–Crippen LogP) is 0.667. The molecule has 4 rings (SSSR count). The molecular weight excluding hydrogens is 357 g/mol. The minimum Gasteiger partial charge on any atom is -0.394 e. The van der Waals surface area contributed by atoms with Gasteiger partial charge in [0.15, 0.2) is 18.0 Å². The molecule has 1 aromatic carbocycles. The summed E-state index contributed by atoms with van der Waals surface area (Å²) in [4.78, 5) is 24.6. The minimum absolute atomic E-state index is 0.0192. The number of imidazole rings is 1. The van der Waals surface area contributed by atoms with Crippen LogP contribution in [0.1, 0.15) is 16.6 Å². The number of benzene rings is 1. The smallest absolute Gasteiger partial charge is 0.258 e. The number of hydrogen-bond acceptors (Lipinski definition) is 7. The standard InChI is InChI=1S/C17H16FN5O4/c18-12-13(25)11(7-24)27-16(12)23-8-20-10-6-19-17(21-14(10)23)22-15(26)9-4-2-1-3-5-9/h1-6,8,11-13,16,24-25H,7H2,(H,19,21,22,26)/t11-,12+,13-,16-/m1/s1. The molecule has 1 aliphatic heterocycles. The van der Waals surface area contributed by atoms with Crippen molar-refractivity contribution in [3.05, 3.63) is 48.4 Å². The predicted molar refractivity (Wildman–Crippen MR) is 91.6 cm³/mol. The lowest BCUT2D eigenvalue weighted by Gasteiger charge is -2.15. The normalized spacial score (nSPS) is 25.0. The lowest BCUT2D eigenvalue weighted by molar-refractivity contribution is -0.0459. The quantitative estimate of drug-likeness (QED) is 0.614. The van der Waals surface area contributed by atoms with Crippen molar-refractivity contribution in [2.45, 2.75) is 24.6 Å². The fourth-order valence-electron chi connectivity index (χ4n) is 2.91. The monoisotopic (exact) mass is 373 g/mol. The number of aliphatic hydroxyl groups excluding tert-OH is 2. The summed E-state index contributed by atoms with van der Waals surface area (Å²) >= 11 is 0. The Balaban J connectivity index is 1.63. The van der Waals surface area contributed by atoms with Gasteiger partial charge in [0.25, 0.3) is 5.91 Å². The highest BCUT2D eigenvalue weighted by molar-refractivity contribution is 6.03. The first kappa shape index (κ1) is 17.5. The number of anilines is 1. The van der Waals surface area contributed by atoms with E-state index in [-0.39, 0.29) is 11.6 Å². The Morgan fingerprint density at radius 1 is 1.30 bits per heavy atom. The molecule has 3 aromatic rings. The van der Waals surface area contributed by atoms with Crippen molar-refractivity contribution in [2.75, 3.05) is 11.9 Å². The largest absolute Gasteiger partial charge is 0.394 e. The van der Waals surface area contributed by atoms with Gasteiger partial charge in [-0.2, -0.15) is 4.98 Å². The summed E-state index contributed by atoms with van der Waals surface area (Å²) in [7, 11) is 0. The second-order valence-corrected chi connectivity index (χ2v) is 6.06. The molecule has 1 amide bonds. The van der Waals surface area contributed by atoms with E-state index in [1.54, 1.807) is 30.3 Å². The van der Waals surface area contributed by atoms with E-state index < -0.39 is 37.1 Å². The second kappa shape index (κ2) is 6.99. The van der Waals surface area contributed by atoms with Crippen LogP contribution in [-0.4, -0.2) is 60.6 Å². The number of alkyl halides is 1. The van der Waals surface area contributed by atoms with Gasteiger partial charge in [0.2, 0.25) is 5.95 Å². The molecule has 9 nitrogen and oxygen atoms in total. The molecule has 4 atom stereocenters. The molecule has 27 heavy (non-hydrogen) atoms. The van der Waals surface area contributed by atoms with Crippen molar-refractivity contribution in [1.29, 1.82) is 0 Å². The fourth-order valence-corrected chi connectivity index (χ4v) is 2.91. The molecule has 0 radical (unpaired) electrons. The highest BCUT2D eigenvalue weighted by Crippen LogP contribution is 2.33. The molecule has 0 unspecified atom stereocenters. The van der Waals surface area contributed by atoms with Crippen LogP contribution >= 0.6 is 0 Å². The summed E-state index contributed by atoms with van der Waals surface area (Å²) in [5.74, 6) is -0.372. The zero-order chi connectivity index (χ0) is 19.0. The van der Waals surface area contributed by atoms with Crippen molar-refractivity contribution >= 4 is 23.0 Å². The molecule has 140 valence electrons. The third kappa shape index (κ3) is 3.14. The Hall–Kier alpha value is -2.95. The first-order chi connectivity index (χ1) is 13.1. The lowest BCUT2D eigenvalue weighted by atomic mass is 10.1. The number of aliphatic hydroxyl groups is 2. The third-order valence-corrected chi connectivity index (χ3v) is 4.33. The minimum atomic E-state index is -1.77. The number of amides is 1. The maximum atomic E-state index is 14.4. The first-order valence-electron chi connectivity index (χ1n) is 8.23. The van der Waals surface area contributed by atoms with Crippen molar-refractivity contribution in [2.24, 2.45) is 0 Å². The van der Waals surface area contributed by atoms with Crippen molar-refractivity contribution in [1.82, 2.24) is 19.5 Å². The van der Waals surface area contributed by atoms with Crippen LogP contribution in [-0.2, 0) is 4.74 Å². The third-order valence-electron chi connectivity index (χ3n) is 4.33. The number of aromatic nitrogens is 4. The van der Waals surface area contributed by atoms with Crippen LogP contribution in [0.4, 0.5) is 10.3 Å². The number of carbonyl (C=O) groups is 1. The van der Waals surface area contributed by atoms with Gasteiger partial charge in [0.05, 0.1) is 19.1 Å². The topological polar surface area (TPSA) is 122 Å². The van der Waals surface area contributed by atoms with E-state index in [0.717, 1.165) is 0 Å². The van der Waals surface area contributed by atoms with Crippen molar-refractivity contribution < 1.29 is 24.1 Å². The van der Waals surface area contributed by atoms with Gasteiger partial charge in [0, 0.05) is 5.56 Å². The molecule has 3 N–H and O–H groups in total. The van der Waals surface area contributed by atoms with Crippen LogP contribution in [0.2, 0.25) is 0 Å². The van der Waals surface area contributed by atoms with E-state index in [9.17, 15) is 19.4 Å². The summed E-state index contributed by atoms with van der Waals surface area (Å²) < 4.78 is 21.1. The first-order valence-corrected chi connectivity index (χ1v) is 8.23. The van der Waals surface area contributed by atoms with Crippen LogP contribution in [0, 0.1) is 0 Å². The zero-order valence-corrected chi connectivity index (χ0v) is 13.9. The molecule has 0 aliphatic carbocycles. The Labute approximate surface area is 152 Å². The fraction of sp³-hybridized carbons (Fsp3) is 0.294. The molecular formula is C17H16FN5O4. The average molecular weight is 373 g/mol. The molecule has 1 fully saturated rings. The van der Waals surface area contributed by atoms with E-state index in [4.69, 9.17) is 4.74 Å². The second-order valence-electron chi connectivity index (χ2n) is 6.06. The maximum absolute atomic E-state index is 14.4. The number of hydrogen-bond donors (Lipinski definition) is 3. The number of fused-ring (bicyclic) bond motifs is 1. The summed E-state index contributed by atoms with van der Waals surface area (Å²) in [6, 6.07) is 8.55. The van der Waals surface area contributed by atoms with Crippen LogP contribution in [0.3, 0.4) is 0 Å². The van der Waals surface area contributed by atoms with Crippen molar-refractivity contribution in [3.8, 4) is 0 Å². The van der Waals surface area contributed by atoms with Gasteiger partial charge in [-0.05, 0) is 12.1 Å². The number of nitrogens with one attached hydrogen (secondary N) is 1. The molecule has 2 aromatic heterocycles. The van der Waals surface area contributed by atoms with E-state index in [1.807, 2.05) is 0 Å². The molecule has 0 spiro atoms. The van der Waals surface area contributed by atoms with Gasteiger partial charge in [-0.3, -0.25) is 14.7 Å². The molecule has 1 saturated heterocycles. The van der Waals surface area contributed by atoms with E-state index in [1.165, 1.54) is 17.1 Å². The Bertz CT molecular complexity index is 966. The van der Waals surface area contributed by atoms with Crippen LogP contribution < -0.4 is 5.32 Å². The van der Waals surface area contributed by atoms with Gasteiger partial charge >= 0.3 is 0 Å². The Morgan fingerprint density at radius 3 is 2.78 bits per heavy atom. The van der Waals surface area contributed by atoms with E-state index in [0.29, 0.717) is 11.1 Å². The number of rotatable bonds is 4. The SMILES string of the molecule is O=C(Nc1ncc2ncn([C@@H]3O[C@H](CO)[C@@H](O)[C@@H]3F)c2n1)c1ccccc1. The summed E-state index contributed by atoms with van der Waals surface area (Å²) in [5, 5.41) is 21.6. The van der Waals surface area contributed by atoms with Crippen LogP contribution in [0.15, 0.2) is 42.9 Å². The van der Waals surface area contributed by atoms with Gasteiger partial charge in [0.1, 0.15) is 17.7 Å². The lowest BCUT2D eigenvalue weighted by Crippen LogP contribution is -2.30. The highest BCUT2D eigenvalue weighted by atomic mass is 19.1. The Morgan fingerprint density at radius 2 is 2.07 bits per heavy atom. The molecule has 0 saturated carbocycles. The summed E-state index contributed by atoms with van der Waals surface area (Å²) in [6.07, 6.45) is -2.77. The van der Waals surface area contributed by atoms with Gasteiger partial charge in [-0.25, -0.2) is 14.4 Å². The van der Waals surface area contributed by atoms with Crippen molar-refractivity contribution in [3.63, 3.8) is 0 Å². The van der Waals surface area contributed by atoms with E-state index >= 15 is 0 Å². The number of halogens is 1.